The predicted molar refractivity (Wildman–Crippen MR) is 103 cm³/mol. The molecular weight excluding hydrogens is 367 g/mol. The van der Waals surface area contributed by atoms with Crippen molar-refractivity contribution in [3.63, 3.8) is 0 Å². The highest BCUT2D eigenvalue weighted by Gasteiger charge is 2.25. The topological polar surface area (TPSA) is 57.7 Å². The number of benzene rings is 2. The monoisotopic (exact) mass is 392 g/mol. The lowest BCUT2D eigenvalue weighted by Gasteiger charge is -2.24. The number of sulfonamides is 1. The normalized spacial score (nSPS) is 11.6. The summed E-state index contributed by atoms with van der Waals surface area (Å²) in [6.07, 6.45) is 0. The molecule has 5 nitrogen and oxygen atoms in total. The molecule has 2 rings (SSSR count). The van der Waals surface area contributed by atoms with Crippen molar-refractivity contribution in [2.75, 3.05) is 20.1 Å². The number of rotatable bonds is 7. The lowest BCUT2D eigenvalue weighted by Crippen LogP contribution is -2.40. The Balaban J connectivity index is 2.13. The van der Waals surface area contributed by atoms with Gasteiger partial charge in [0.2, 0.25) is 15.9 Å². The summed E-state index contributed by atoms with van der Waals surface area (Å²) in [7, 11) is -2.38. The molecule has 146 valence electrons. The molecule has 0 heterocycles. The van der Waals surface area contributed by atoms with Crippen LogP contribution in [0.2, 0.25) is 0 Å². The smallest absolute Gasteiger partial charge is 0.243 e. The highest BCUT2D eigenvalue weighted by Crippen LogP contribution is 2.18. The molecule has 0 aliphatic carbocycles. The van der Waals surface area contributed by atoms with Crippen LogP contribution in [0.3, 0.4) is 0 Å². The van der Waals surface area contributed by atoms with E-state index < -0.39 is 10.0 Å². The maximum atomic E-state index is 13.3. The van der Waals surface area contributed by atoms with Gasteiger partial charge in [-0.2, -0.15) is 4.31 Å². The second-order valence-corrected chi connectivity index (χ2v) is 8.59. The van der Waals surface area contributed by atoms with Gasteiger partial charge in [-0.25, -0.2) is 12.8 Å². The van der Waals surface area contributed by atoms with Crippen LogP contribution in [0.1, 0.15) is 23.6 Å². The standard InChI is InChI=1S/C20H25FN2O3S/c1-5-23(13-17-7-6-8-18(21)12-17)20(24)14-22(4)27(25,26)19-10-9-15(2)16(3)11-19/h6-12H,5,13-14H2,1-4H3. The molecule has 0 fully saturated rings. The second-order valence-electron chi connectivity index (χ2n) is 6.54. The Hall–Kier alpha value is -2.25. The Bertz CT molecular complexity index is 929. The zero-order valence-corrected chi connectivity index (χ0v) is 16.9. The molecular formula is C20H25FN2O3S. The van der Waals surface area contributed by atoms with Gasteiger partial charge in [0, 0.05) is 20.1 Å². The van der Waals surface area contributed by atoms with E-state index in [2.05, 4.69) is 0 Å². The zero-order chi connectivity index (χ0) is 20.2. The van der Waals surface area contributed by atoms with Gasteiger partial charge in [-0.1, -0.05) is 18.2 Å². The first kappa shape index (κ1) is 21.1. The van der Waals surface area contributed by atoms with Crippen LogP contribution in [0.25, 0.3) is 0 Å². The van der Waals surface area contributed by atoms with Crippen molar-refractivity contribution >= 4 is 15.9 Å². The molecule has 0 bridgehead atoms. The molecule has 2 aromatic rings. The third kappa shape index (κ3) is 5.14. The molecule has 0 saturated carbocycles. The summed E-state index contributed by atoms with van der Waals surface area (Å²) in [6, 6.07) is 10.9. The number of halogens is 1. The van der Waals surface area contributed by atoms with Crippen LogP contribution in [0.15, 0.2) is 47.4 Å². The molecule has 0 aliphatic rings. The molecule has 0 aliphatic heterocycles. The van der Waals surface area contributed by atoms with Crippen LogP contribution < -0.4 is 0 Å². The summed E-state index contributed by atoms with van der Waals surface area (Å²) in [5, 5.41) is 0. The fourth-order valence-corrected chi connectivity index (χ4v) is 3.87. The van der Waals surface area contributed by atoms with Gasteiger partial charge in [0.25, 0.3) is 0 Å². The van der Waals surface area contributed by atoms with Crippen molar-refractivity contribution in [3.8, 4) is 0 Å². The maximum Gasteiger partial charge on any atom is 0.243 e. The number of carbonyl (C=O) groups excluding carboxylic acids is 1. The molecule has 0 N–H and O–H groups in total. The number of carbonyl (C=O) groups is 1. The molecule has 0 spiro atoms. The fourth-order valence-electron chi connectivity index (χ4n) is 2.66. The van der Waals surface area contributed by atoms with Crippen molar-refractivity contribution < 1.29 is 17.6 Å². The highest BCUT2D eigenvalue weighted by molar-refractivity contribution is 7.89. The van der Waals surface area contributed by atoms with E-state index in [9.17, 15) is 17.6 Å². The lowest BCUT2D eigenvalue weighted by molar-refractivity contribution is -0.131. The summed E-state index contributed by atoms with van der Waals surface area (Å²) in [6.45, 7) is 5.90. The van der Waals surface area contributed by atoms with E-state index in [0.29, 0.717) is 12.1 Å². The number of amides is 1. The van der Waals surface area contributed by atoms with Gasteiger partial charge in [0.1, 0.15) is 5.82 Å². The van der Waals surface area contributed by atoms with Gasteiger partial charge in [-0.05, 0) is 61.7 Å². The first-order chi connectivity index (χ1) is 12.6. The first-order valence-electron chi connectivity index (χ1n) is 8.71. The quantitative estimate of drug-likeness (QED) is 0.728. The third-order valence-corrected chi connectivity index (χ3v) is 6.34. The van der Waals surface area contributed by atoms with Crippen molar-refractivity contribution in [2.45, 2.75) is 32.2 Å². The molecule has 0 atom stereocenters. The average Bonchev–Trinajstić information content (AvgIpc) is 2.61. The molecule has 27 heavy (non-hydrogen) atoms. The minimum atomic E-state index is -3.77. The second kappa shape index (κ2) is 8.63. The van der Waals surface area contributed by atoms with Gasteiger partial charge in [-0.3, -0.25) is 4.79 Å². The Labute approximate surface area is 160 Å². The lowest BCUT2D eigenvalue weighted by atomic mass is 10.1. The van der Waals surface area contributed by atoms with Crippen molar-refractivity contribution in [1.82, 2.24) is 9.21 Å². The summed E-state index contributed by atoms with van der Waals surface area (Å²) in [5.74, 6) is -0.706. The number of nitrogens with zero attached hydrogens (tertiary/aromatic N) is 2. The largest absolute Gasteiger partial charge is 0.338 e. The molecule has 1 amide bonds. The van der Waals surface area contributed by atoms with Gasteiger partial charge in [0.05, 0.1) is 11.4 Å². The Kier molecular flexibility index (Phi) is 6.73. The number of hydrogen-bond acceptors (Lipinski definition) is 3. The fraction of sp³-hybridized carbons (Fsp3) is 0.350. The predicted octanol–water partition coefficient (Wildman–Crippen LogP) is 3.11. The molecule has 2 aromatic carbocycles. The minimum Gasteiger partial charge on any atom is -0.338 e. The van der Waals surface area contributed by atoms with Crippen molar-refractivity contribution in [2.24, 2.45) is 0 Å². The van der Waals surface area contributed by atoms with Crippen LogP contribution >= 0.6 is 0 Å². The van der Waals surface area contributed by atoms with Crippen LogP contribution in [-0.2, 0) is 21.4 Å². The number of aryl methyl sites for hydroxylation is 2. The van der Waals surface area contributed by atoms with Crippen molar-refractivity contribution in [1.29, 1.82) is 0 Å². The van der Waals surface area contributed by atoms with Crippen LogP contribution in [0.5, 0.6) is 0 Å². The van der Waals surface area contributed by atoms with Gasteiger partial charge >= 0.3 is 0 Å². The molecule has 0 radical (unpaired) electrons. The summed E-state index contributed by atoms with van der Waals surface area (Å²) in [5.41, 5.74) is 2.53. The maximum absolute atomic E-state index is 13.3. The average molecular weight is 392 g/mol. The van der Waals surface area contributed by atoms with Gasteiger partial charge < -0.3 is 4.90 Å². The molecule has 0 saturated heterocycles. The van der Waals surface area contributed by atoms with Crippen molar-refractivity contribution in [3.05, 3.63) is 65.0 Å². The van der Waals surface area contributed by atoms with E-state index in [1.807, 2.05) is 13.8 Å². The molecule has 0 aromatic heterocycles. The molecule has 0 unspecified atom stereocenters. The number of likely N-dealkylation sites (N-methyl/N-ethyl adjacent to an activating group) is 2. The minimum absolute atomic E-state index is 0.161. The van der Waals surface area contributed by atoms with E-state index >= 15 is 0 Å². The first-order valence-corrected chi connectivity index (χ1v) is 10.1. The SMILES string of the molecule is CCN(Cc1cccc(F)c1)C(=O)CN(C)S(=O)(=O)c1ccc(C)c(C)c1. The summed E-state index contributed by atoms with van der Waals surface area (Å²) < 4.78 is 39.9. The zero-order valence-electron chi connectivity index (χ0n) is 16.1. The van der Waals surface area contributed by atoms with E-state index in [-0.39, 0.29) is 29.7 Å². The Morgan fingerprint density at radius 3 is 2.37 bits per heavy atom. The Morgan fingerprint density at radius 1 is 1.07 bits per heavy atom. The van der Waals surface area contributed by atoms with Gasteiger partial charge in [-0.15, -0.1) is 0 Å². The number of hydrogen-bond donors (Lipinski definition) is 0. The highest BCUT2D eigenvalue weighted by atomic mass is 32.2. The summed E-state index contributed by atoms with van der Waals surface area (Å²) >= 11 is 0. The van der Waals surface area contributed by atoms with Gasteiger partial charge in [0.15, 0.2) is 0 Å². The third-order valence-electron chi connectivity index (χ3n) is 4.54. The Morgan fingerprint density at radius 2 is 1.78 bits per heavy atom. The van der Waals surface area contributed by atoms with E-state index in [4.69, 9.17) is 0 Å². The van der Waals surface area contributed by atoms with E-state index in [1.54, 1.807) is 37.3 Å². The van der Waals surface area contributed by atoms with Crippen LogP contribution in [-0.4, -0.2) is 43.7 Å². The van der Waals surface area contributed by atoms with E-state index in [0.717, 1.165) is 15.4 Å². The molecule has 7 heteroatoms. The summed E-state index contributed by atoms with van der Waals surface area (Å²) in [4.78, 5) is 14.3. The van der Waals surface area contributed by atoms with Crippen LogP contribution in [0.4, 0.5) is 4.39 Å². The van der Waals surface area contributed by atoms with Crippen LogP contribution in [0, 0.1) is 19.7 Å². The van der Waals surface area contributed by atoms with E-state index in [1.165, 1.54) is 24.1 Å².